The van der Waals surface area contributed by atoms with Gasteiger partial charge in [-0.25, -0.2) is 4.79 Å². The molecule has 0 atom stereocenters. The smallest absolute Gasteiger partial charge is 0.338 e. The van der Waals surface area contributed by atoms with Gasteiger partial charge >= 0.3 is 5.97 Å². The van der Waals surface area contributed by atoms with Crippen LogP contribution < -0.4 is 0 Å². The molecule has 0 N–H and O–H groups in total. The number of esters is 1. The summed E-state index contributed by atoms with van der Waals surface area (Å²) >= 11 is 3.28. The third-order valence-corrected chi connectivity index (χ3v) is 3.04. The largest absolute Gasteiger partial charge is 0.454 e. The maximum atomic E-state index is 11.7. The molecule has 2 aromatic rings. The third-order valence-electron chi connectivity index (χ3n) is 2.51. The van der Waals surface area contributed by atoms with E-state index in [9.17, 15) is 9.59 Å². The Balaban J connectivity index is 1.94. The van der Waals surface area contributed by atoms with E-state index in [0.717, 1.165) is 4.47 Å². The van der Waals surface area contributed by atoms with Gasteiger partial charge in [-0.15, -0.1) is 0 Å². The van der Waals surface area contributed by atoms with Crippen LogP contribution in [0.5, 0.6) is 0 Å². The first-order valence-corrected chi connectivity index (χ1v) is 6.47. The van der Waals surface area contributed by atoms with E-state index in [2.05, 4.69) is 15.9 Å². The second kappa shape index (κ2) is 6.29. The zero-order valence-electron chi connectivity index (χ0n) is 10.0. The van der Waals surface area contributed by atoms with Crippen LogP contribution in [0.3, 0.4) is 0 Å². The van der Waals surface area contributed by atoms with E-state index in [-0.39, 0.29) is 12.4 Å². The number of ketones is 1. The van der Waals surface area contributed by atoms with E-state index < -0.39 is 5.97 Å². The summed E-state index contributed by atoms with van der Waals surface area (Å²) in [6.45, 7) is -0.251. The first-order chi connectivity index (χ1) is 9.16. The molecule has 2 rings (SSSR count). The quantitative estimate of drug-likeness (QED) is 0.640. The van der Waals surface area contributed by atoms with E-state index in [1.165, 1.54) is 0 Å². The highest BCUT2D eigenvalue weighted by molar-refractivity contribution is 9.10. The highest BCUT2D eigenvalue weighted by Gasteiger charge is 2.11. The van der Waals surface area contributed by atoms with Gasteiger partial charge in [-0.05, 0) is 24.3 Å². The molecule has 0 bridgehead atoms. The van der Waals surface area contributed by atoms with E-state index in [1.807, 2.05) is 6.07 Å². The minimum absolute atomic E-state index is 0.217. The molecule has 0 aliphatic heterocycles. The Morgan fingerprint density at radius 2 is 1.53 bits per heavy atom. The SMILES string of the molecule is O=C(COC(=O)c1ccc(Br)cc1)c1ccccc1. The molecule has 0 radical (unpaired) electrons. The summed E-state index contributed by atoms with van der Waals surface area (Å²) in [6, 6.07) is 15.5. The lowest BCUT2D eigenvalue weighted by Crippen LogP contribution is -2.14. The van der Waals surface area contributed by atoms with Gasteiger partial charge in [0.25, 0.3) is 0 Å². The molecule has 19 heavy (non-hydrogen) atoms. The summed E-state index contributed by atoms with van der Waals surface area (Å²) in [7, 11) is 0. The van der Waals surface area contributed by atoms with Crippen LogP contribution in [0.25, 0.3) is 0 Å². The van der Waals surface area contributed by atoms with Crippen LogP contribution in [0.1, 0.15) is 20.7 Å². The highest BCUT2D eigenvalue weighted by Crippen LogP contribution is 2.11. The fraction of sp³-hybridized carbons (Fsp3) is 0.0667. The first kappa shape index (κ1) is 13.5. The van der Waals surface area contributed by atoms with Gasteiger partial charge in [0.2, 0.25) is 0 Å². The Bertz CT molecular complexity index is 576. The van der Waals surface area contributed by atoms with Crippen LogP contribution in [0.15, 0.2) is 59.1 Å². The van der Waals surface area contributed by atoms with Gasteiger partial charge in [0, 0.05) is 10.0 Å². The maximum Gasteiger partial charge on any atom is 0.338 e. The number of carbonyl (C=O) groups excluding carboxylic acids is 2. The minimum Gasteiger partial charge on any atom is -0.454 e. The second-order valence-corrected chi connectivity index (χ2v) is 4.79. The maximum absolute atomic E-state index is 11.7. The molecule has 0 aliphatic carbocycles. The molecule has 0 heterocycles. The van der Waals surface area contributed by atoms with Crippen LogP contribution in [-0.2, 0) is 4.74 Å². The Morgan fingerprint density at radius 3 is 2.16 bits per heavy atom. The van der Waals surface area contributed by atoms with Crippen molar-refractivity contribution in [1.82, 2.24) is 0 Å². The van der Waals surface area contributed by atoms with Gasteiger partial charge in [-0.1, -0.05) is 46.3 Å². The number of rotatable bonds is 4. The summed E-state index contributed by atoms with van der Waals surface area (Å²) in [5, 5.41) is 0. The lowest BCUT2D eigenvalue weighted by molar-refractivity contribution is 0.0475. The Morgan fingerprint density at radius 1 is 0.895 bits per heavy atom. The zero-order chi connectivity index (χ0) is 13.7. The predicted molar refractivity (Wildman–Crippen MR) is 75.2 cm³/mol. The monoisotopic (exact) mass is 318 g/mol. The number of halogens is 1. The van der Waals surface area contributed by atoms with Crippen LogP contribution in [0.4, 0.5) is 0 Å². The first-order valence-electron chi connectivity index (χ1n) is 5.68. The Labute approximate surface area is 119 Å². The third kappa shape index (κ3) is 3.76. The molecule has 0 saturated carbocycles. The molecule has 0 aliphatic rings. The highest BCUT2D eigenvalue weighted by atomic mass is 79.9. The van der Waals surface area contributed by atoms with Crippen molar-refractivity contribution in [3.05, 3.63) is 70.2 Å². The van der Waals surface area contributed by atoms with E-state index in [4.69, 9.17) is 4.74 Å². The van der Waals surface area contributed by atoms with E-state index in [0.29, 0.717) is 11.1 Å². The van der Waals surface area contributed by atoms with Crippen molar-refractivity contribution < 1.29 is 14.3 Å². The van der Waals surface area contributed by atoms with Crippen molar-refractivity contribution in [2.75, 3.05) is 6.61 Å². The molecule has 0 aromatic heterocycles. The van der Waals surface area contributed by atoms with Crippen molar-refractivity contribution in [1.29, 1.82) is 0 Å². The van der Waals surface area contributed by atoms with Crippen LogP contribution >= 0.6 is 15.9 Å². The average molecular weight is 319 g/mol. The van der Waals surface area contributed by atoms with Crippen molar-refractivity contribution >= 4 is 27.7 Å². The molecule has 0 spiro atoms. The number of hydrogen-bond acceptors (Lipinski definition) is 3. The Kier molecular flexibility index (Phi) is 4.47. The summed E-state index contributed by atoms with van der Waals surface area (Å²) in [5.41, 5.74) is 0.954. The molecule has 96 valence electrons. The molecule has 4 heteroatoms. The molecule has 0 unspecified atom stereocenters. The van der Waals surface area contributed by atoms with E-state index >= 15 is 0 Å². The second-order valence-electron chi connectivity index (χ2n) is 3.87. The lowest BCUT2D eigenvalue weighted by atomic mass is 10.1. The lowest BCUT2D eigenvalue weighted by Gasteiger charge is -2.04. The number of hydrogen-bond donors (Lipinski definition) is 0. The summed E-state index contributed by atoms with van der Waals surface area (Å²) in [4.78, 5) is 23.5. The number of benzene rings is 2. The minimum atomic E-state index is -0.503. The summed E-state index contributed by atoms with van der Waals surface area (Å²) in [5.74, 6) is -0.720. The average Bonchev–Trinajstić information content (AvgIpc) is 2.46. The topological polar surface area (TPSA) is 43.4 Å². The predicted octanol–water partition coefficient (Wildman–Crippen LogP) is 3.49. The number of ether oxygens (including phenoxy) is 1. The van der Waals surface area contributed by atoms with Crippen LogP contribution in [0.2, 0.25) is 0 Å². The van der Waals surface area contributed by atoms with E-state index in [1.54, 1.807) is 48.5 Å². The fourth-order valence-corrected chi connectivity index (χ4v) is 1.77. The number of Topliss-reactive ketones (excluding diaryl/α,β-unsaturated/α-hetero) is 1. The van der Waals surface area contributed by atoms with Crippen LogP contribution in [0, 0.1) is 0 Å². The molecular formula is C15H11BrO3. The molecular weight excluding hydrogens is 308 g/mol. The van der Waals surface area contributed by atoms with Crippen molar-refractivity contribution in [2.24, 2.45) is 0 Å². The Hall–Kier alpha value is -1.94. The number of carbonyl (C=O) groups is 2. The van der Waals surface area contributed by atoms with Gasteiger partial charge < -0.3 is 4.74 Å². The zero-order valence-corrected chi connectivity index (χ0v) is 11.6. The molecule has 0 amide bonds. The normalized spacial score (nSPS) is 9.95. The molecule has 0 saturated heterocycles. The summed E-state index contributed by atoms with van der Waals surface area (Å²) < 4.78 is 5.86. The summed E-state index contributed by atoms with van der Waals surface area (Å²) in [6.07, 6.45) is 0. The standard InChI is InChI=1S/C15H11BrO3/c16-13-8-6-12(7-9-13)15(18)19-10-14(17)11-4-2-1-3-5-11/h1-9H,10H2. The molecule has 2 aromatic carbocycles. The van der Waals surface area contributed by atoms with Crippen LogP contribution in [-0.4, -0.2) is 18.4 Å². The fourth-order valence-electron chi connectivity index (χ4n) is 1.51. The van der Waals surface area contributed by atoms with Gasteiger partial charge in [-0.3, -0.25) is 4.79 Å². The van der Waals surface area contributed by atoms with Gasteiger partial charge in [0.1, 0.15) is 0 Å². The van der Waals surface area contributed by atoms with Gasteiger partial charge in [-0.2, -0.15) is 0 Å². The van der Waals surface area contributed by atoms with Crippen molar-refractivity contribution in [3.63, 3.8) is 0 Å². The molecule has 0 fully saturated rings. The molecule has 3 nitrogen and oxygen atoms in total. The van der Waals surface area contributed by atoms with Gasteiger partial charge in [0.15, 0.2) is 12.4 Å². The van der Waals surface area contributed by atoms with Crippen molar-refractivity contribution in [2.45, 2.75) is 0 Å². The van der Waals surface area contributed by atoms with Gasteiger partial charge in [0.05, 0.1) is 5.56 Å². The van der Waals surface area contributed by atoms with Crippen molar-refractivity contribution in [3.8, 4) is 0 Å².